The van der Waals surface area contributed by atoms with Gasteiger partial charge in [0, 0.05) is 5.39 Å². The largest absolute Gasteiger partial charge is 0.457 e. The maximum Gasteiger partial charge on any atom is 0.148 e. The lowest BCUT2D eigenvalue weighted by atomic mass is 9.92. The van der Waals surface area contributed by atoms with Crippen LogP contribution < -0.4 is 0 Å². The summed E-state index contributed by atoms with van der Waals surface area (Å²) in [4.78, 5) is 0. The van der Waals surface area contributed by atoms with Crippen LogP contribution in [0.3, 0.4) is 0 Å². The summed E-state index contributed by atoms with van der Waals surface area (Å²) in [6.45, 7) is 4.40. The number of aliphatic hydroxyl groups excluding tert-OH is 1. The first-order valence-corrected chi connectivity index (χ1v) is 8.31. The van der Waals surface area contributed by atoms with Crippen molar-refractivity contribution in [3.63, 3.8) is 0 Å². The lowest BCUT2D eigenvalue weighted by Crippen LogP contribution is -2.06. The minimum Gasteiger partial charge on any atom is -0.457 e. The maximum atomic E-state index is 10.4. The second kappa shape index (κ2) is 7.28. The van der Waals surface area contributed by atoms with E-state index in [1.54, 1.807) is 0 Å². The van der Waals surface area contributed by atoms with E-state index in [1.165, 1.54) is 19.3 Å². The molecule has 0 saturated carbocycles. The Morgan fingerprint density at radius 3 is 2.75 bits per heavy atom. The topological polar surface area (TPSA) is 33.4 Å². The zero-order chi connectivity index (χ0) is 14.5. The molecule has 0 amide bonds. The fourth-order valence-electron chi connectivity index (χ4n) is 2.62. The van der Waals surface area contributed by atoms with Crippen molar-refractivity contribution in [2.24, 2.45) is 5.92 Å². The molecule has 0 aliphatic heterocycles. The van der Waals surface area contributed by atoms with Crippen molar-refractivity contribution < 1.29 is 9.52 Å². The number of halogens is 1. The Kier molecular flexibility index (Phi) is 5.67. The number of unbranched alkanes of at least 4 members (excludes halogenated alkanes) is 1. The molecule has 0 saturated heterocycles. The van der Waals surface area contributed by atoms with Crippen molar-refractivity contribution in [3.8, 4) is 0 Å². The lowest BCUT2D eigenvalue weighted by molar-refractivity contribution is 0.117. The molecular formula is C17H23BrO2. The van der Waals surface area contributed by atoms with E-state index in [2.05, 4.69) is 29.8 Å². The minimum absolute atomic E-state index is 0.504. The molecule has 0 spiro atoms. The minimum atomic E-state index is -0.504. The van der Waals surface area contributed by atoms with Crippen LogP contribution in [0.1, 0.15) is 57.8 Å². The summed E-state index contributed by atoms with van der Waals surface area (Å²) >= 11 is 3.48. The molecule has 110 valence electrons. The summed E-state index contributed by atoms with van der Waals surface area (Å²) in [7, 11) is 0. The zero-order valence-corrected chi connectivity index (χ0v) is 13.8. The lowest BCUT2D eigenvalue weighted by Gasteiger charge is -2.17. The number of hydrogen-bond donors (Lipinski definition) is 1. The van der Waals surface area contributed by atoms with Gasteiger partial charge in [-0.05, 0) is 40.4 Å². The number of hydrogen-bond acceptors (Lipinski definition) is 2. The molecule has 2 atom stereocenters. The van der Waals surface area contributed by atoms with Gasteiger partial charge >= 0.3 is 0 Å². The van der Waals surface area contributed by atoms with Gasteiger partial charge in [0.2, 0.25) is 0 Å². The van der Waals surface area contributed by atoms with Gasteiger partial charge in [-0.1, -0.05) is 51.7 Å². The molecule has 0 fully saturated rings. The van der Waals surface area contributed by atoms with Gasteiger partial charge in [0.15, 0.2) is 0 Å². The Labute approximate surface area is 129 Å². The molecular weight excluding hydrogens is 316 g/mol. The van der Waals surface area contributed by atoms with Crippen molar-refractivity contribution >= 4 is 26.9 Å². The average molecular weight is 339 g/mol. The van der Waals surface area contributed by atoms with Crippen LogP contribution in [0.25, 0.3) is 11.0 Å². The molecule has 2 nitrogen and oxygen atoms in total. The Bertz CT molecular complexity index is 547. The summed E-state index contributed by atoms with van der Waals surface area (Å²) < 4.78 is 6.75. The van der Waals surface area contributed by atoms with E-state index in [0.717, 1.165) is 28.3 Å². The van der Waals surface area contributed by atoms with Gasteiger partial charge in [0.05, 0.1) is 4.47 Å². The van der Waals surface area contributed by atoms with Crippen molar-refractivity contribution in [3.05, 3.63) is 34.5 Å². The molecule has 2 aromatic rings. The molecule has 0 aliphatic rings. The van der Waals surface area contributed by atoms with Gasteiger partial charge in [-0.2, -0.15) is 0 Å². The quantitative estimate of drug-likeness (QED) is 0.688. The monoisotopic (exact) mass is 338 g/mol. The van der Waals surface area contributed by atoms with E-state index in [4.69, 9.17) is 4.42 Å². The van der Waals surface area contributed by atoms with E-state index < -0.39 is 6.10 Å². The van der Waals surface area contributed by atoms with Crippen LogP contribution in [0.5, 0.6) is 0 Å². The second-order valence-electron chi connectivity index (χ2n) is 5.47. The van der Waals surface area contributed by atoms with E-state index in [1.807, 2.05) is 24.3 Å². The second-order valence-corrected chi connectivity index (χ2v) is 6.33. The number of furan rings is 1. The van der Waals surface area contributed by atoms with Crippen LogP contribution in [0.4, 0.5) is 0 Å². The third-order valence-electron chi connectivity index (χ3n) is 3.94. The highest BCUT2D eigenvalue weighted by Gasteiger charge is 2.18. The van der Waals surface area contributed by atoms with E-state index in [-0.39, 0.29) is 0 Å². The summed E-state index contributed by atoms with van der Waals surface area (Å²) in [5.41, 5.74) is 0.822. The SMILES string of the molecule is CCCCC(CC)CC(O)c1cc2cccc(Br)c2o1. The predicted octanol–water partition coefficient (Wildman–Crippen LogP) is 5.84. The van der Waals surface area contributed by atoms with Gasteiger partial charge in [0.1, 0.15) is 17.4 Å². The average Bonchev–Trinajstić information content (AvgIpc) is 2.89. The highest BCUT2D eigenvalue weighted by atomic mass is 79.9. The van der Waals surface area contributed by atoms with Gasteiger partial charge < -0.3 is 9.52 Å². The van der Waals surface area contributed by atoms with Gasteiger partial charge in [-0.3, -0.25) is 0 Å². The molecule has 1 N–H and O–H groups in total. The van der Waals surface area contributed by atoms with Crippen molar-refractivity contribution in [1.82, 2.24) is 0 Å². The van der Waals surface area contributed by atoms with Crippen molar-refractivity contribution in [1.29, 1.82) is 0 Å². The van der Waals surface area contributed by atoms with Crippen molar-refractivity contribution in [2.45, 2.75) is 52.1 Å². The highest BCUT2D eigenvalue weighted by molar-refractivity contribution is 9.10. The van der Waals surface area contributed by atoms with E-state index in [0.29, 0.717) is 11.7 Å². The first kappa shape index (κ1) is 15.6. The molecule has 1 aromatic heterocycles. The molecule has 0 radical (unpaired) electrons. The Morgan fingerprint density at radius 2 is 2.10 bits per heavy atom. The molecule has 0 aliphatic carbocycles. The fraction of sp³-hybridized carbons (Fsp3) is 0.529. The van der Waals surface area contributed by atoms with Crippen LogP contribution in [0.15, 0.2) is 33.2 Å². The van der Waals surface area contributed by atoms with Crippen LogP contribution in [0, 0.1) is 5.92 Å². The molecule has 2 rings (SSSR count). The summed E-state index contributed by atoms with van der Waals surface area (Å²) in [6.07, 6.45) is 5.03. The standard InChI is InChI=1S/C17H23BrO2/c1-3-5-7-12(4-2)10-15(19)16-11-13-8-6-9-14(18)17(13)20-16/h6,8-9,11-12,15,19H,3-5,7,10H2,1-2H3. The number of fused-ring (bicyclic) bond motifs is 1. The van der Waals surface area contributed by atoms with Crippen LogP contribution in [-0.4, -0.2) is 5.11 Å². The fourth-order valence-corrected chi connectivity index (χ4v) is 3.09. The Hall–Kier alpha value is -0.800. The first-order valence-electron chi connectivity index (χ1n) is 7.51. The molecule has 3 heteroatoms. The number of aliphatic hydroxyl groups is 1. The van der Waals surface area contributed by atoms with Crippen LogP contribution in [0.2, 0.25) is 0 Å². The van der Waals surface area contributed by atoms with E-state index in [9.17, 15) is 5.11 Å². The smallest absolute Gasteiger partial charge is 0.148 e. The van der Waals surface area contributed by atoms with Gasteiger partial charge in [-0.25, -0.2) is 0 Å². The summed E-state index contributed by atoms with van der Waals surface area (Å²) in [6, 6.07) is 7.90. The van der Waals surface area contributed by atoms with Crippen LogP contribution >= 0.6 is 15.9 Å². The first-order chi connectivity index (χ1) is 9.65. The number of para-hydroxylation sites is 1. The predicted molar refractivity (Wildman–Crippen MR) is 86.8 cm³/mol. The molecule has 0 bridgehead atoms. The Balaban J connectivity index is 2.10. The summed E-state index contributed by atoms with van der Waals surface area (Å²) in [5, 5.41) is 11.4. The molecule has 20 heavy (non-hydrogen) atoms. The third-order valence-corrected chi connectivity index (χ3v) is 4.57. The number of benzene rings is 1. The normalized spacial score (nSPS) is 14.6. The van der Waals surface area contributed by atoms with E-state index >= 15 is 0 Å². The highest BCUT2D eigenvalue weighted by Crippen LogP contribution is 2.33. The van der Waals surface area contributed by atoms with Gasteiger partial charge in [-0.15, -0.1) is 0 Å². The van der Waals surface area contributed by atoms with Crippen LogP contribution in [-0.2, 0) is 0 Å². The Morgan fingerprint density at radius 1 is 1.30 bits per heavy atom. The molecule has 1 heterocycles. The zero-order valence-electron chi connectivity index (χ0n) is 12.2. The maximum absolute atomic E-state index is 10.4. The molecule has 2 unspecified atom stereocenters. The van der Waals surface area contributed by atoms with Gasteiger partial charge in [0.25, 0.3) is 0 Å². The molecule has 1 aromatic carbocycles. The third kappa shape index (κ3) is 3.64. The summed E-state index contributed by atoms with van der Waals surface area (Å²) in [5.74, 6) is 1.25. The number of rotatable bonds is 7. The van der Waals surface area contributed by atoms with Crippen molar-refractivity contribution in [2.75, 3.05) is 0 Å².